The van der Waals surface area contributed by atoms with Gasteiger partial charge in [-0.15, -0.1) is 11.3 Å². The van der Waals surface area contributed by atoms with Crippen molar-refractivity contribution in [3.8, 4) is 10.6 Å². The third kappa shape index (κ3) is 1.75. The number of rotatable bonds is 2. The summed E-state index contributed by atoms with van der Waals surface area (Å²) in [5, 5.41) is 1.06. The van der Waals surface area contributed by atoms with Gasteiger partial charge in [0.2, 0.25) is 0 Å². The molecule has 0 N–H and O–H groups in total. The molecule has 0 aliphatic rings. The number of hydrogen-bond donors (Lipinski definition) is 0. The Kier molecular flexibility index (Phi) is 2.36. The maximum absolute atomic E-state index is 4.34. The molecule has 0 fully saturated rings. The standard InChI is InChI=1S/C10H10N2S/c1-2-9-7-12-10(13-9)8-4-3-5-11-6-8/h3-7H,2H2,1H3. The minimum atomic E-state index is 1.05. The van der Waals surface area contributed by atoms with Gasteiger partial charge in [0.1, 0.15) is 5.01 Å². The molecule has 2 aromatic rings. The van der Waals surface area contributed by atoms with Crippen molar-refractivity contribution in [3.63, 3.8) is 0 Å². The van der Waals surface area contributed by atoms with Crippen molar-refractivity contribution in [3.05, 3.63) is 35.6 Å². The van der Waals surface area contributed by atoms with Crippen LogP contribution in [0.5, 0.6) is 0 Å². The van der Waals surface area contributed by atoms with E-state index < -0.39 is 0 Å². The maximum Gasteiger partial charge on any atom is 0.125 e. The topological polar surface area (TPSA) is 25.8 Å². The minimum Gasteiger partial charge on any atom is -0.264 e. The molecule has 0 aliphatic carbocycles. The molecule has 0 atom stereocenters. The molecule has 0 saturated carbocycles. The summed E-state index contributed by atoms with van der Waals surface area (Å²) in [6, 6.07) is 3.97. The van der Waals surface area contributed by atoms with Crippen molar-refractivity contribution in [2.75, 3.05) is 0 Å². The number of aromatic nitrogens is 2. The van der Waals surface area contributed by atoms with E-state index in [1.165, 1.54) is 4.88 Å². The number of nitrogens with zero attached hydrogens (tertiary/aromatic N) is 2. The van der Waals surface area contributed by atoms with E-state index in [-0.39, 0.29) is 0 Å². The average molecular weight is 190 g/mol. The SMILES string of the molecule is CCc1cnc(-c2cccnc2)s1. The van der Waals surface area contributed by atoms with Gasteiger partial charge >= 0.3 is 0 Å². The zero-order valence-electron chi connectivity index (χ0n) is 7.40. The first-order valence-corrected chi connectivity index (χ1v) is 5.07. The van der Waals surface area contributed by atoms with Crippen LogP contribution in [-0.2, 0) is 6.42 Å². The molecule has 0 spiro atoms. The lowest BCUT2D eigenvalue weighted by molar-refractivity contribution is 1.17. The Balaban J connectivity index is 2.36. The van der Waals surface area contributed by atoms with E-state index in [1.54, 1.807) is 17.5 Å². The van der Waals surface area contributed by atoms with Crippen LogP contribution >= 0.6 is 11.3 Å². The van der Waals surface area contributed by atoms with Gasteiger partial charge in [0.25, 0.3) is 0 Å². The van der Waals surface area contributed by atoms with Gasteiger partial charge < -0.3 is 0 Å². The second-order valence-corrected chi connectivity index (χ2v) is 3.84. The van der Waals surface area contributed by atoms with Crippen molar-refractivity contribution in [2.45, 2.75) is 13.3 Å². The fourth-order valence-corrected chi connectivity index (χ4v) is 1.94. The van der Waals surface area contributed by atoms with Crippen LogP contribution < -0.4 is 0 Å². The Labute approximate surface area is 81.3 Å². The maximum atomic E-state index is 4.34. The smallest absolute Gasteiger partial charge is 0.125 e. The molecule has 13 heavy (non-hydrogen) atoms. The van der Waals surface area contributed by atoms with E-state index in [4.69, 9.17) is 0 Å². The highest BCUT2D eigenvalue weighted by Gasteiger charge is 2.02. The molecule has 2 aromatic heterocycles. The summed E-state index contributed by atoms with van der Waals surface area (Å²) < 4.78 is 0. The predicted molar refractivity (Wildman–Crippen MR) is 54.7 cm³/mol. The second-order valence-electron chi connectivity index (χ2n) is 2.73. The lowest BCUT2D eigenvalue weighted by atomic mass is 10.3. The summed E-state index contributed by atoms with van der Waals surface area (Å²) in [6.45, 7) is 2.14. The van der Waals surface area contributed by atoms with Crippen LogP contribution in [0.3, 0.4) is 0 Å². The highest BCUT2D eigenvalue weighted by molar-refractivity contribution is 7.15. The second kappa shape index (κ2) is 3.66. The van der Waals surface area contributed by atoms with Crippen LogP contribution in [0, 0.1) is 0 Å². The fraction of sp³-hybridized carbons (Fsp3) is 0.200. The highest BCUT2D eigenvalue weighted by atomic mass is 32.1. The average Bonchev–Trinajstić information content (AvgIpc) is 2.67. The van der Waals surface area contributed by atoms with Crippen LogP contribution in [0.15, 0.2) is 30.7 Å². The first-order valence-electron chi connectivity index (χ1n) is 4.25. The van der Waals surface area contributed by atoms with Crippen molar-refractivity contribution in [2.24, 2.45) is 0 Å². The van der Waals surface area contributed by atoms with Gasteiger partial charge in [-0.05, 0) is 18.6 Å². The van der Waals surface area contributed by atoms with Gasteiger partial charge in [-0.3, -0.25) is 4.98 Å². The molecule has 2 rings (SSSR count). The molecule has 0 aromatic carbocycles. The molecule has 0 bridgehead atoms. The highest BCUT2D eigenvalue weighted by Crippen LogP contribution is 2.24. The molecule has 0 aliphatic heterocycles. The Morgan fingerprint density at radius 2 is 2.31 bits per heavy atom. The van der Waals surface area contributed by atoms with Crippen LogP contribution in [0.1, 0.15) is 11.8 Å². The zero-order chi connectivity index (χ0) is 9.10. The lowest BCUT2D eigenvalue weighted by Crippen LogP contribution is -1.75. The summed E-state index contributed by atoms with van der Waals surface area (Å²) >= 11 is 1.73. The Bertz CT molecular complexity index is 381. The van der Waals surface area contributed by atoms with Crippen LogP contribution in [0.4, 0.5) is 0 Å². The third-order valence-corrected chi connectivity index (χ3v) is 3.00. The van der Waals surface area contributed by atoms with E-state index >= 15 is 0 Å². The van der Waals surface area contributed by atoms with Crippen molar-refractivity contribution < 1.29 is 0 Å². The number of pyridine rings is 1. The molecular weight excluding hydrogens is 180 g/mol. The van der Waals surface area contributed by atoms with E-state index in [0.29, 0.717) is 0 Å². The van der Waals surface area contributed by atoms with Gasteiger partial charge in [0.15, 0.2) is 0 Å². The lowest BCUT2D eigenvalue weighted by Gasteiger charge is -1.91. The number of aryl methyl sites for hydroxylation is 1. The van der Waals surface area contributed by atoms with Gasteiger partial charge in [-0.2, -0.15) is 0 Å². The van der Waals surface area contributed by atoms with Gasteiger partial charge in [0.05, 0.1) is 0 Å². The van der Waals surface area contributed by atoms with Gasteiger partial charge in [0, 0.05) is 29.0 Å². The third-order valence-electron chi connectivity index (χ3n) is 1.81. The normalized spacial score (nSPS) is 10.2. The molecule has 0 amide bonds. The summed E-state index contributed by atoms with van der Waals surface area (Å²) in [5.41, 5.74) is 1.10. The molecule has 3 heteroatoms. The largest absolute Gasteiger partial charge is 0.264 e. The minimum absolute atomic E-state index is 1.05. The van der Waals surface area contributed by atoms with E-state index in [9.17, 15) is 0 Å². The quantitative estimate of drug-likeness (QED) is 0.727. The molecular formula is C10H10N2S. The molecule has 2 nitrogen and oxygen atoms in total. The molecule has 0 unspecified atom stereocenters. The summed E-state index contributed by atoms with van der Waals surface area (Å²) in [7, 11) is 0. The fourth-order valence-electron chi connectivity index (χ4n) is 1.09. The van der Waals surface area contributed by atoms with E-state index in [0.717, 1.165) is 17.0 Å². The zero-order valence-corrected chi connectivity index (χ0v) is 8.21. The summed E-state index contributed by atoms with van der Waals surface area (Å²) in [5.74, 6) is 0. The molecule has 66 valence electrons. The Hall–Kier alpha value is -1.22. The van der Waals surface area contributed by atoms with E-state index in [1.807, 2.05) is 24.5 Å². The van der Waals surface area contributed by atoms with Crippen LogP contribution in [0.2, 0.25) is 0 Å². The van der Waals surface area contributed by atoms with Gasteiger partial charge in [-0.1, -0.05) is 6.92 Å². The molecule has 2 heterocycles. The Morgan fingerprint density at radius 1 is 1.38 bits per heavy atom. The molecule has 0 saturated heterocycles. The molecule has 0 radical (unpaired) electrons. The van der Waals surface area contributed by atoms with Crippen molar-refractivity contribution in [1.29, 1.82) is 0 Å². The summed E-state index contributed by atoms with van der Waals surface area (Å²) in [4.78, 5) is 9.72. The number of hydrogen-bond acceptors (Lipinski definition) is 3. The van der Waals surface area contributed by atoms with E-state index in [2.05, 4.69) is 16.9 Å². The summed E-state index contributed by atoms with van der Waals surface area (Å²) in [6.07, 6.45) is 6.61. The Morgan fingerprint density at radius 3 is 2.92 bits per heavy atom. The first-order chi connectivity index (χ1) is 6.40. The van der Waals surface area contributed by atoms with Crippen LogP contribution in [0.25, 0.3) is 10.6 Å². The van der Waals surface area contributed by atoms with Gasteiger partial charge in [-0.25, -0.2) is 4.98 Å². The van der Waals surface area contributed by atoms with Crippen LogP contribution in [-0.4, -0.2) is 9.97 Å². The number of thiazole rings is 1. The van der Waals surface area contributed by atoms with Crippen molar-refractivity contribution in [1.82, 2.24) is 9.97 Å². The predicted octanol–water partition coefficient (Wildman–Crippen LogP) is 2.77. The monoisotopic (exact) mass is 190 g/mol. The van der Waals surface area contributed by atoms with Crippen molar-refractivity contribution >= 4 is 11.3 Å². The first kappa shape index (κ1) is 8.38.